The fraction of sp³-hybridized carbons (Fsp3) is 0.591. The number of allylic oxidation sites excluding steroid dienone is 1. The van der Waals surface area contributed by atoms with Gasteiger partial charge in [-0.1, -0.05) is 42.0 Å². The van der Waals surface area contributed by atoms with Crippen LogP contribution < -0.4 is 5.32 Å². The van der Waals surface area contributed by atoms with Gasteiger partial charge in [0.2, 0.25) is 15.9 Å². The van der Waals surface area contributed by atoms with E-state index in [9.17, 15) is 13.2 Å². The molecule has 0 spiro atoms. The number of nitrogens with one attached hydrogen (secondary N) is 1. The first-order chi connectivity index (χ1) is 14.0. The van der Waals surface area contributed by atoms with Crippen LogP contribution in [0.25, 0.3) is 0 Å². The molecule has 1 aliphatic carbocycles. The van der Waals surface area contributed by atoms with E-state index in [1.54, 1.807) is 4.31 Å². The number of carbonyl (C=O) groups is 1. The largest absolute Gasteiger partial charge is 0.354 e. The zero-order chi connectivity index (χ0) is 20.7. The lowest BCUT2D eigenvalue weighted by molar-refractivity contribution is -0.126. The van der Waals surface area contributed by atoms with Gasteiger partial charge in [-0.2, -0.15) is 4.31 Å². The molecule has 0 radical (unpaired) electrons. The van der Waals surface area contributed by atoms with Gasteiger partial charge in [0.05, 0.1) is 11.8 Å². The molecule has 1 amide bonds. The average Bonchev–Trinajstić information content (AvgIpc) is 2.74. The first kappa shape index (κ1) is 22.0. The molecule has 1 aromatic rings. The average molecular weight is 420 g/mol. The summed E-state index contributed by atoms with van der Waals surface area (Å²) in [5.41, 5.74) is 2.26. The summed E-state index contributed by atoms with van der Waals surface area (Å²) in [5.74, 6) is 0.0571. The summed E-state index contributed by atoms with van der Waals surface area (Å²) in [6.45, 7) is 4.60. The van der Waals surface area contributed by atoms with Crippen molar-refractivity contribution in [1.82, 2.24) is 14.5 Å². The van der Waals surface area contributed by atoms with Crippen LogP contribution >= 0.6 is 0 Å². The van der Waals surface area contributed by atoms with Gasteiger partial charge in [-0.25, -0.2) is 8.42 Å². The highest BCUT2D eigenvalue weighted by Gasteiger charge is 2.30. The summed E-state index contributed by atoms with van der Waals surface area (Å²) < 4.78 is 26.9. The third-order valence-corrected chi connectivity index (χ3v) is 7.77. The lowest BCUT2D eigenvalue weighted by Gasteiger charge is -2.36. The predicted octanol–water partition coefficient (Wildman–Crippen LogP) is 2.53. The van der Waals surface area contributed by atoms with E-state index in [1.807, 2.05) is 37.3 Å². The van der Waals surface area contributed by atoms with Gasteiger partial charge >= 0.3 is 0 Å². The summed E-state index contributed by atoms with van der Waals surface area (Å²) in [5, 5.41) is 3.05. The molecule has 160 valence electrons. The number of benzene rings is 1. The monoisotopic (exact) mass is 419 g/mol. The Balaban J connectivity index is 1.43. The molecular weight excluding hydrogens is 386 g/mol. The zero-order valence-electron chi connectivity index (χ0n) is 17.3. The van der Waals surface area contributed by atoms with Crippen molar-refractivity contribution in [1.29, 1.82) is 0 Å². The molecule has 2 aliphatic rings. The maximum atomic E-state index is 12.7. The predicted molar refractivity (Wildman–Crippen MR) is 116 cm³/mol. The second-order valence-corrected chi connectivity index (χ2v) is 9.97. The van der Waals surface area contributed by atoms with Crippen molar-refractivity contribution in [3.63, 3.8) is 0 Å². The Hall–Kier alpha value is -1.70. The minimum atomic E-state index is -3.33. The van der Waals surface area contributed by atoms with Gasteiger partial charge in [0.25, 0.3) is 0 Å². The molecule has 1 fully saturated rings. The van der Waals surface area contributed by atoms with E-state index in [-0.39, 0.29) is 17.7 Å². The quantitative estimate of drug-likeness (QED) is 0.658. The lowest BCUT2D eigenvalue weighted by atomic mass is 9.97. The number of nitrogens with zero attached hydrogens (tertiary/aromatic N) is 2. The Kier molecular flexibility index (Phi) is 7.86. The summed E-state index contributed by atoms with van der Waals surface area (Å²) in [6.07, 6.45) is 8.10. The van der Waals surface area contributed by atoms with E-state index < -0.39 is 10.0 Å². The van der Waals surface area contributed by atoms with Crippen molar-refractivity contribution < 1.29 is 13.2 Å². The fourth-order valence-corrected chi connectivity index (χ4v) is 5.55. The lowest BCUT2D eigenvalue weighted by Crippen LogP contribution is -2.55. The van der Waals surface area contributed by atoms with Gasteiger partial charge in [0.1, 0.15) is 0 Å². The number of sulfonamides is 1. The van der Waals surface area contributed by atoms with Crippen LogP contribution in [0, 0.1) is 0 Å². The number of amides is 1. The van der Waals surface area contributed by atoms with Crippen molar-refractivity contribution in [2.45, 2.75) is 50.8 Å². The Bertz CT molecular complexity index is 800. The maximum absolute atomic E-state index is 12.7. The van der Waals surface area contributed by atoms with Crippen LogP contribution in [0.4, 0.5) is 0 Å². The van der Waals surface area contributed by atoms with Crippen molar-refractivity contribution >= 4 is 15.9 Å². The molecule has 0 bridgehead atoms. The Morgan fingerprint density at radius 1 is 1.10 bits per heavy atom. The van der Waals surface area contributed by atoms with Crippen LogP contribution in [0.5, 0.6) is 0 Å². The van der Waals surface area contributed by atoms with E-state index in [4.69, 9.17) is 0 Å². The molecule has 0 unspecified atom stereocenters. The molecular formula is C22H33N3O3S. The van der Waals surface area contributed by atoms with Gasteiger partial charge in [0, 0.05) is 32.7 Å². The highest BCUT2D eigenvalue weighted by atomic mass is 32.2. The molecule has 7 heteroatoms. The molecule has 1 heterocycles. The van der Waals surface area contributed by atoms with Crippen LogP contribution in [0.3, 0.4) is 0 Å². The van der Waals surface area contributed by atoms with Crippen LogP contribution in [-0.4, -0.2) is 62.3 Å². The Labute approximate surface area is 175 Å². The first-order valence-electron chi connectivity index (χ1n) is 10.7. The second kappa shape index (κ2) is 10.4. The molecule has 29 heavy (non-hydrogen) atoms. The zero-order valence-corrected chi connectivity index (χ0v) is 18.2. The highest BCUT2D eigenvalue weighted by Crippen LogP contribution is 2.19. The van der Waals surface area contributed by atoms with Crippen LogP contribution in [0.15, 0.2) is 42.0 Å². The van der Waals surface area contributed by atoms with E-state index in [0.717, 1.165) is 24.8 Å². The minimum Gasteiger partial charge on any atom is -0.354 e. The highest BCUT2D eigenvalue weighted by molar-refractivity contribution is 7.88. The molecule has 1 atom stereocenters. The molecule has 1 saturated heterocycles. The molecule has 0 saturated carbocycles. The molecule has 1 aromatic carbocycles. The van der Waals surface area contributed by atoms with Crippen molar-refractivity contribution in [2.75, 3.05) is 32.7 Å². The van der Waals surface area contributed by atoms with E-state index in [1.165, 1.54) is 18.4 Å². The molecule has 0 aromatic heterocycles. The molecule has 1 aliphatic heterocycles. The van der Waals surface area contributed by atoms with Crippen LogP contribution in [-0.2, 0) is 20.6 Å². The third-order valence-electron chi connectivity index (χ3n) is 5.92. The standard InChI is InChI=1S/C22H33N3O3S/c1-19(22(26)23-13-12-20-8-4-2-5-9-20)24-14-16-25(17-15-24)29(27,28)18-21-10-6-3-7-11-21/h3,6-8,10-11,19H,2,4-5,9,12-18H2,1H3,(H,23,26)/t19-/m1/s1. The number of carbonyl (C=O) groups excluding carboxylic acids is 1. The molecule has 3 rings (SSSR count). The third kappa shape index (κ3) is 6.39. The fourth-order valence-electron chi connectivity index (χ4n) is 4.04. The van der Waals surface area contributed by atoms with E-state index >= 15 is 0 Å². The second-order valence-electron chi connectivity index (χ2n) is 8.00. The minimum absolute atomic E-state index is 0.0275. The van der Waals surface area contributed by atoms with Crippen LogP contribution in [0.1, 0.15) is 44.6 Å². The van der Waals surface area contributed by atoms with Gasteiger partial charge < -0.3 is 5.32 Å². The first-order valence-corrected chi connectivity index (χ1v) is 12.3. The number of piperazine rings is 1. The van der Waals surface area contributed by atoms with Gasteiger partial charge in [-0.3, -0.25) is 9.69 Å². The summed E-state index contributed by atoms with van der Waals surface area (Å²) in [6, 6.07) is 9.02. The number of hydrogen-bond donors (Lipinski definition) is 1. The number of hydrogen-bond acceptors (Lipinski definition) is 4. The Morgan fingerprint density at radius 2 is 1.83 bits per heavy atom. The Morgan fingerprint density at radius 3 is 2.48 bits per heavy atom. The summed E-state index contributed by atoms with van der Waals surface area (Å²) >= 11 is 0. The SMILES string of the molecule is C[C@H](C(=O)NCCC1=CCCCC1)N1CCN(S(=O)(=O)Cc2ccccc2)CC1. The topological polar surface area (TPSA) is 69.7 Å². The summed E-state index contributed by atoms with van der Waals surface area (Å²) in [7, 11) is -3.33. The van der Waals surface area contributed by atoms with Crippen molar-refractivity contribution in [2.24, 2.45) is 0 Å². The number of rotatable bonds is 8. The van der Waals surface area contributed by atoms with E-state index in [2.05, 4.69) is 16.3 Å². The molecule has 1 N–H and O–H groups in total. The normalized spacial score (nSPS) is 20.1. The van der Waals surface area contributed by atoms with Gasteiger partial charge in [-0.15, -0.1) is 0 Å². The van der Waals surface area contributed by atoms with Crippen LogP contribution in [0.2, 0.25) is 0 Å². The van der Waals surface area contributed by atoms with Crippen molar-refractivity contribution in [3.8, 4) is 0 Å². The smallest absolute Gasteiger partial charge is 0.237 e. The van der Waals surface area contributed by atoms with Crippen molar-refractivity contribution in [3.05, 3.63) is 47.5 Å². The molecule has 6 nitrogen and oxygen atoms in total. The van der Waals surface area contributed by atoms with Gasteiger partial charge in [-0.05, 0) is 44.6 Å². The van der Waals surface area contributed by atoms with E-state index in [0.29, 0.717) is 32.7 Å². The maximum Gasteiger partial charge on any atom is 0.237 e. The summed E-state index contributed by atoms with van der Waals surface area (Å²) in [4.78, 5) is 14.6. The van der Waals surface area contributed by atoms with Gasteiger partial charge in [0.15, 0.2) is 0 Å².